The highest BCUT2D eigenvalue weighted by atomic mass is 16.5. The molecule has 2 aromatic heterocycles. The number of rotatable bonds is 5. The molecule has 0 spiro atoms. The van der Waals surface area contributed by atoms with Gasteiger partial charge in [-0.05, 0) is 12.1 Å². The number of fused-ring (bicyclic) bond motifs is 1. The number of aromatic nitrogens is 3. The van der Waals surface area contributed by atoms with E-state index >= 15 is 0 Å². The summed E-state index contributed by atoms with van der Waals surface area (Å²) in [6, 6.07) is 17.0. The molecule has 7 N–H and O–H groups in total. The van der Waals surface area contributed by atoms with Crippen molar-refractivity contribution in [2.75, 3.05) is 12.8 Å². The van der Waals surface area contributed by atoms with E-state index in [0.29, 0.717) is 22.5 Å². The van der Waals surface area contributed by atoms with Crippen LogP contribution in [-0.4, -0.2) is 38.6 Å². The van der Waals surface area contributed by atoms with E-state index in [2.05, 4.69) is 5.10 Å². The lowest BCUT2D eigenvalue weighted by atomic mass is 9.83. The Labute approximate surface area is 189 Å². The number of ether oxygens (including phenoxy) is 1. The summed E-state index contributed by atoms with van der Waals surface area (Å²) in [7, 11) is 1.61. The van der Waals surface area contributed by atoms with Crippen molar-refractivity contribution in [2.45, 2.75) is 24.6 Å². The van der Waals surface area contributed by atoms with Crippen LogP contribution in [0.3, 0.4) is 0 Å². The van der Waals surface area contributed by atoms with Crippen LogP contribution in [0.4, 0.5) is 5.82 Å². The summed E-state index contributed by atoms with van der Waals surface area (Å²) in [6.07, 6.45) is 0.570. The van der Waals surface area contributed by atoms with Gasteiger partial charge in [-0.2, -0.15) is 5.10 Å². The van der Waals surface area contributed by atoms with E-state index in [1.165, 1.54) is 4.68 Å². The van der Waals surface area contributed by atoms with Crippen LogP contribution >= 0.6 is 0 Å². The molecule has 0 saturated heterocycles. The van der Waals surface area contributed by atoms with Crippen molar-refractivity contribution in [2.24, 2.45) is 11.5 Å². The molecular weight excluding hydrogens is 420 g/mol. The standard InChI is InChI=1S/C24H24N6O3/c1-33-19-10-17(13-5-3-2-4-6-13)28-18-9-14(7-8-16(18)19)21-20(23(26)31)22(25)30(29-21)15-11-24(27,32)12-15/h2-10,15,32H,11-12,25,27H2,1H3,(H2,26,31). The maximum Gasteiger partial charge on any atom is 0.254 e. The molecule has 5 rings (SSSR count). The van der Waals surface area contributed by atoms with Crippen molar-refractivity contribution >= 4 is 22.6 Å². The SMILES string of the molecule is COc1cc(-c2ccccc2)nc2cc(-c3nn(C4CC(N)(O)C4)c(N)c3C(N)=O)ccc12. The van der Waals surface area contributed by atoms with Crippen LogP contribution < -0.4 is 21.9 Å². The van der Waals surface area contributed by atoms with Gasteiger partial charge < -0.3 is 27.0 Å². The summed E-state index contributed by atoms with van der Waals surface area (Å²) in [5.41, 5.74) is 19.9. The second kappa shape index (κ2) is 7.58. The Hall–Kier alpha value is -3.95. The molecule has 0 atom stereocenters. The van der Waals surface area contributed by atoms with E-state index in [1.807, 2.05) is 54.6 Å². The van der Waals surface area contributed by atoms with E-state index in [-0.39, 0.29) is 30.3 Å². The molecule has 0 unspecified atom stereocenters. The Kier molecular flexibility index (Phi) is 4.80. The molecule has 2 aromatic carbocycles. The first-order chi connectivity index (χ1) is 15.8. The van der Waals surface area contributed by atoms with Crippen LogP contribution in [0.1, 0.15) is 29.2 Å². The van der Waals surface area contributed by atoms with Crippen LogP contribution in [0.2, 0.25) is 0 Å². The zero-order chi connectivity index (χ0) is 23.3. The quantitative estimate of drug-likeness (QED) is 0.345. The maximum absolute atomic E-state index is 12.3. The predicted molar refractivity (Wildman–Crippen MR) is 125 cm³/mol. The molecule has 0 aliphatic heterocycles. The van der Waals surface area contributed by atoms with Crippen LogP contribution in [0, 0.1) is 0 Å². The number of carbonyl (C=O) groups excluding carboxylic acids is 1. The van der Waals surface area contributed by atoms with Gasteiger partial charge in [-0.25, -0.2) is 9.67 Å². The van der Waals surface area contributed by atoms with Crippen molar-refractivity contribution in [3.05, 3.63) is 60.2 Å². The molecule has 0 bridgehead atoms. The van der Waals surface area contributed by atoms with Gasteiger partial charge in [0.05, 0.1) is 24.4 Å². The van der Waals surface area contributed by atoms with Crippen LogP contribution in [0.5, 0.6) is 5.75 Å². The Morgan fingerprint density at radius 3 is 2.52 bits per heavy atom. The summed E-state index contributed by atoms with van der Waals surface area (Å²) in [5, 5.41) is 15.3. The highest BCUT2D eigenvalue weighted by Crippen LogP contribution is 2.41. The minimum absolute atomic E-state index is 0.132. The lowest BCUT2D eigenvalue weighted by Crippen LogP contribution is -2.52. The van der Waals surface area contributed by atoms with Crippen molar-refractivity contribution in [1.82, 2.24) is 14.8 Å². The third-order valence-corrected chi connectivity index (χ3v) is 6.05. The fourth-order valence-corrected chi connectivity index (χ4v) is 4.37. The second-order valence-electron chi connectivity index (χ2n) is 8.39. The van der Waals surface area contributed by atoms with Gasteiger partial charge in [0.15, 0.2) is 0 Å². The van der Waals surface area contributed by atoms with E-state index < -0.39 is 11.6 Å². The smallest absolute Gasteiger partial charge is 0.254 e. The van der Waals surface area contributed by atoms with Crippen LogP contribution in [-0.2, 0) is 0 Å². The average molecular weight is 444 g/mol. The largest absolute Gasteiger partial charge is 0.496 e. The Morgan fingerprint density at radius 1 is 1.15 bits per heavy atom. The molecule has 4 aromatic rings. The molecular formula is C24H24N6O3. The monoisotopic (exact) mass is 444 g/mol. The molecule has 1 saturated carbocycles. The second-order valence-corrected chi connectivity index (χ2v) is 8.39. The van der Waals surface area contributed by atoms with E-state index in [4.69, 9.17) is 26.9 Å². The average Bonchev–Trinajstić information content (AvgIpc) is 3.13. The number of hydrogen-bond acceptors (Lipinski definition) is 7. The van der Waals surface area contributed by atoms with Gasteiger partial charge in [0.2, 0.25) is 0 Å². The first kappa shape index (κ1) is 20.9. The number of primary amides is 1. The van der Waals surface area contributed by atoms with Gasteiger partial charge in [0.25, 0.3) is 5.91 Å². The number of aliphatic hydroxyl groups is 1. The zero-order valence-corrected chi connectivity index (χ0v) is 18.0. The van der Waals surface area contributed by atoms with E-state index in [0.717, 1.165) is 16.6 Å². The number of benzene rings is 2. The lowest BCUT2D eigenvalue weighted by Gasteiger charge is -2.40. The number of anilines is 1. The third-order valence-electron chi connectivity index (χ3n) is 6.05. The van der Waals surface area contributed by atoms with Gasteiger partial charge in [0.1, 0.15) is 28.5 Å². The maximum atomic E-state index is 12.3. The third kappa shape index (κ3) is 3.57. The first-order valence-electron chi connectivity index (χ1n) is 10.5. The number of nitrogens with two attached hydrogens (primary N) is 3. The Balaban J connectivity index is 1.65. The van der Waals surface area contributed by atoms with Gasteiger partial charge in [-0.1, -0.05) is 36.4 Å². The topological polar surface area (TPSA) is 155 Å². The minimum Gasteiger partial charge on any atom is -0.496 e. The number of nitrogen functional groups attached to an aromatic ring is 1. The molecule has 0 radical (unpaired) electrons. The Morgan fingerprint density at radius 2 is 1.88 bits per heavy atom. The summed E-state index contributed by atoms with van der Waals surface area (Å²) in [4.78, 5) is 17.1. The molecule has 1 aliphatic rings. The molecule has 9 heteroatoms. The van der Waals surface area contributed by atoms with Gasteiger partial charge >= 0.3 is 0 Å². The number of amides is 1. The molecule has 1 fully saturated rings. The van der Waals surface area contributed by atoms with Gasteiger partial charge in [-0.3, -0.25) is 4.79 Å². The number of methoxy groups -OCH3 is 1. The van der Waals surface area contributed by atoms with Crippen molar-refractivity contribution in [3.8, 4) is 28.3 Å². The number of hydrogen-bond donors (Lipinski definition) is 4. The number of pyridine rings is 1. The number of carbonyl (C=O) groups is 1. The highest BCUT2D eigenvalue weighted by molar-refractivity contribution is 6.04. The first-order valence-corrected chi connectivity index (χ1v) is 10.5. The summed E-state index contributed by atoms with van der Waals surface area (Å²) in [5.74, 6) is 0.156. The van der Waals surface area contributed by atoms with Crippen molar-refractivity contribution < 1.29 is 14.6 Å². The predicted octanol–water partition coefficient (Wildman–Crippen LogP) is 2.44. The molecule has 2 heterocycles. The zero-order valence-electron chi connectivity index (χ0n) is 18.0. The lowest BCUT2D eigenvalue weighted by molar-refractivity contribution is -0.0643. The fourth-order valence-electron chi connectivity index (χ4n) is 4.37. The number of nitrogens with zero attached hydrogens (tertiary/aromatic N) is 3. The minimum atomic E-state index is -1.26. The van der Waals surface area contributed by atoms with Gasteiger partial charge in [-0.15, -0.1) is 0 Å². The highest BCUT2D eigenvalue weighted by Gasteiger charge is 2.42. The van der Waals surface area contributed by atoms with Crippen LogP contribution in [0.15, 0.2) is 54.6 Å². The van der Waals surface area contributed by atoms with Crippen molar-refractivity contribution in [1.29, 1.82) is 0 Å². The summed E-state index contributed by atoms with van der Waals surface area (Å²) in [6.45, 7) is 0. The van der Waals surface area contributed by atoms with Gasteiger partial charge in [0, 0.05) is 35.4 Å². The normalized spacial score (nSPS) is 19.9. The molecule has 9 nitrogen and oxygen atoms in total. The molecule has 168 valence electrons. The van der Waals surface area contributed by atoms with E-state index in [9.17, 15) is 9.90 Å². The van der Waals surface area contributed by atoms with Crippen molar-refractivity contribution in [3.63, 3.8) is 0 Å². The molecule has 1 amide bonds. The van der Waals surface area contributed by atoms with Crippen LogP contribution in [0.25, 0.3) is 33.4 Å². The van der Waals surface area contributed by atoms with E-state index in [1.54, 1.807) is 7.11 Å². The molecule has 1 aliphatic carbocycles. The Bertz CT molecular complexity index is 1370. The summed E-state index contributed by atoms with van der Waals surface area (Å²) < 4.78 is 7.13. The fraction of sp³-hybridized carbons (Fsp3) is 0.208. The summed E-state index contributed by atoms with van der Waals surface area (Å²) >= 11 is 0. The molecule has 33 heavy (non-hydrogen) atoms.